The van der Waals surface area contributed by atoms with Crippen molar-refractivity contribution in [3.63, 3.8) is 0 Å². The van der Waals surface area contributed by atoms with Gasteiger partial charge in [0.2, 0.25) is 17.7 Å². The quantitative estimate of drug-likeness (QED) is 0.106. The Labute approximate surface area is 284 Å². The Kier molecular flexibility index (Phi) is 13.8. The number of ether oxygens (including phenoxy) is 2. The van der Waals surface area contributed by atoms with E-state index < -0.39 is 65.0 Å². The van der Waals surface area contributed by atoms with Gasteiger partial charge in [-0.3, -0.25) is 24.5 Å². The van der Waals surface area contributed by atoms with Crippen LogP contribution in [-0.4, -0.2) is 65.0 Å². The number of nitro groups is 1. The second-order valence-electron chi connectivity index (χ2n) is 12.2. The number of nitrogens with zero attached hydrogens (tertiary/aromatic N) is 1. The summed E-state index contributed by atoms with van der Waals surface area (Å²) in [5.74, 6) is -2.76. The molecule has 0 fully saturated rings. The van der Waals surface area contributed by atoms with E-state index in [1.165, 1.54) is 31.2 Å². The number of hydrogen-bond donors (Lipinski definition) is 4. The number of rotatable bonds is 15. The van der Waals surface area contributed by atoms with Crippen LogP contribution in [0, 0.1) is 10.1 Å². The van der Waals surface area contributed by atoms with Crippen molar-refractivity contribution in [1.82, 2.24) is 21.3 Å². The standard InChI is InChI=1S/C35H41N5O9/c1-23(37-34(45)49-35(2,3)4)31(42)36-21-30(41)38-28(19-24-11-7-5-8-12-24)32(43)39-29(20-25-13-9-6-10-14-25)33(44)48-22-26-15-17-27(18-16-26)40(46)47/h5-18,23,28-29H,19-22H2,1-4H3,(H,36,42)(H,37,45)(H,38,41)(H,39,43)/t23-,28-,29-/m0/s1. The number of carbonyl (C=O) groups is 5. The van der Waals surface area contributed by atoms with E-state index in [0.717, 1.165) is 11.1 Å². The summed E-state index contributed by atoms with van der Waals surface area (Å²) in [7, 11) is 0. The van der Waals surface area contributed by atoms with Crippen molar-refractivity contribution in [3.05, 3.63) is 112 Å². The Morgan fingerprint density at radius 1 is 0.735 bits per heavy atom. The van der Waals surface area contributed by atoms with Crippen molar-refractivity contribution in [2.75, 3.05) is 6.54 Å². The summed E-state index contributed by atoms with van der Waals surface area (Å²) in [6, 6.07) is 20.1. The van der Waals surface area contributed by atoms with Crippen LogP contribution in [0.5, 0.6) is 0 Å². The van der Waals surface area contributed by atoms with E-state index in [9.17, 15) is 34.1 Å². The minimum Gasteiger partial charge on any atom is -0.459 e. The molecule has 4 N–H and O–H groups in total. The fraction of sp³-hybridized carbons (Fsp3) is 0.343. The molecule has 0 spiro atoms. The summed E-state index contributed by atoms with van der Waals surface area (Å²) in [4.78, 5) is 75.0. The fourth-order valence-electron chi connectivity index (χ4n) is 4.46. The molecule has 3 atom stereocenters. The van der Waals surface area contributed by atoms with Gasteiger partial charge in [-0.1, -0.05) is 60.7 Å². The minimum absolute atomic E-state index is 0.0683. The van der Waals surface area contributed by atoms with Crippen LogP contribution in [-0.2, 0) is 48.1 Å². The predicted molar refractivity (Wildman–Crippen MR) is 179 cm³/mol. The van der Waals surface area contributed by atoms with E-state index in [1.54, 1.807) is 75.4 Å². The molecule has 0 radical (unpaired) electrons. The van der Waals surface area contributed by atoms with Gasteiger partial charge in [0.25, 0.3) is 5.69 Å². The first kappa shape index (κ1) is 37.7. The Hall–Kier alpha value is -5.79. The van der Waals surface area contributed by atoms with E-state index in [0.29, 0.717) is 5.56 Å². The van der Waals surface area contributed by atoms with E-state index in [2.05, 4.69) is 21.3 Å². The second-order valence-corrected chi connectivity index (χ2v) is 12.2. The van der Waals surface area contributed by atoms with Crippen LogP contribution in [0.1, 0.15) is 44.4 Å². The van der Waals surface area contributed by atoms with Crippen LogP contribution in [0.2, 0.25) is 0 Å². The van der Waals surface area contributed by atoms with Gasteiger partial charge in [0.05, 0.1) is 11.5 Å². The number of amides is 4. The number of nitro benzene ring substituents is 1. The smallest absolute Gasteiger partial charge is 0.408 e. The van der Waals surface area contributed by atoms with Gasteiger partial charge in [-0.05, 0) is 56.5 Å². The highest BCUT2D eigenvalue weighted by molar-refractivity contribution is 5.93. The molecule has 3 aromatic carbocycles. The van der Waals surface area contributed by atoms with Crippen LogP contribution in [0.25, 0.3) is 0 Å². The summed E-state index contributed by atoms with van der Waals surface area (Å²) in [6.07, 6.45) is -0.648. The van der Waals surface area contributed by atoms with E-state index in [1.807, 2.05) is 6.07 Å². The molecular formula is C35H41N5O9. The first-order valence-corrected chi connectivity index (χ1v) is 15.5. The lowest BCUT2D eigenvalue weighted by Gasteiger charge is -2.23. The van der Waals surface area contributed by atoms with Crippen LogP contribution in [0.15, 0.2) is 84.9 Å². The summed E-state index contributed by atoms with van der Waals surface area (Å²) < 4.78 is 10.6. The van der Waals surface area contributed by atoms with Crippen molar-refractivity contribution in [2.24, 2.45) is 0 Å². The first-order chi connectivity index (χ1) is 23.2. The molecule has 0 unspecified atom stereocenters. The van der Waals surface area contributed by atoms with Crippen molar-refractivity contribution >= 4 is 35.5 Å². The molecule has 0 saturated heterocycles. The van der Waals surface area contributed by atoms with Crippen molar-refractivity contribution in [3.8, 4) is 0 Å². The Balaban J connectivity index is 1.70. The average Bonchev–Trinajstić information content (AvgIpc) is 3.05. The maximum atomic E-state index is 13.7. The van der Waals surface area contributed by atoms with Crippen molar-refractivity contribution < 1.29 is 38.4 Å². The van der Waals surface area contributed by atoms with Gasteiger partial charge in [-0.25, -0.2) is 9.59 Å². The molecule has 260 valence electrons. The molecular weight excluding hydrogens is 634 g/mol. The highest BCUT2D eigenvalue weighted by Gasteiger charge is 2.29. The van der Waals surface area contributed by atoms with Crippen LogP contribution in [0.4, 0.5) is 10.5 Å². The van der Waals surface area contributed by atoms with Crippen LogP contribution >= 0.6 is 0 Å². The maximum Gasteiger partial charge on any atom is 0.408 e. The highest BCUT2D eigenvalue weighted by atomic mass is 16.6. The van der Waals surface area contributed by atoms with Crippen molar-refractivity contribution in [1.29, 1.82) is 0 Å². The Morgan fingerprint density at radius 3 is 1.82 bits per heavy atom. The van der Waals surface area contributed by atoms with Gasteiger partial charge in [-0.15, -0.1) is 0 Å². The highest BCUT2D eigenvalue weighted by Crippen LogP contribution is 2.14. The lowest BCUT2D eigenvalue weighted by Crippen LogP contribution is -2.55. The number of benzene rings is 3. The second kappa shape index (κ2) is 17.9. The Bertz CT molecular complexity index is 1590. The molecule has 3 rings (SSSR count). The number of alkyl carbamates (subject to hydrolysis) is 1. The topological polar surface area (TPSA) is 195 Å². The van der Waals surface area contributed by atoms with Gasteiger partial charge >= 0.3 is 12.1 Å². The molecule has 14 heteroatoms. The van der Waals surface area contributed by atoms with E-state index >= 15 is 0 Å². The third kappa shape index (κ3) is 13.5. The molecule has 0 aliphatic rings. The Morgan fingerprint density at radius 2 is 1.29 bits per heavy atom. The van der Waals surface area contributed by atoms with E-state index in [-0.39, 0.29) is 25.1 Å². The number of carbonyl (C=O) groups excluding carboxylic acids is 5. The van der Waals surface area contributed by atoms with Crippen molar-refractivity contribution in [2.45, 2.75) is 70.9 Å². The molecule has 0 bridgehead atoms. The lowest BCUT2D eigenvalue weighted by molar-refractivity contribution is -0.384. The lowest BCUT2D eigenvalue weighted by atomic mass is 10.0. The molecule has 4 amide bonds. The molecule has 0 heterocycles. The summed E-state index contributed by atoms with van der Waals surface area (Å²) in [6.45, 7) is 5.77. The molecule has 0 saturated carbocycles. The number of hydrogen-bond acceptors (Lipinski definition) is 9. The fourth-order valence-corrected chi connectivity index (χ4v) is 4.46. The van der Waals surface area contributed by atoms with E-state index in [4.69, 9.17) is 9.47 Å². The van der Waals surface area contributed by atoms with Crippen LogP contribution in [0.3, 0.4) is 0 Å². The minimum atomic E-state index is -1.15. The monoisotopic (exact) mass is 675 g/mol. The summed E-state index contributed by atoms with van der Waals surface area (Å²) >= 11 is 0. The largest absolute Gasteiger partial charge is 0.459 e. The predicted octanol–water partition coefficient (Wildman–Crippen LogP) is 3.12. The van der Waals surface area contributed by atoms with Gasteiger partial charge in [0, 0.05) is 25.0 Å². The molecule has 0 aliphatic carbocycles. The third-order valence-corrected chi connectivity index (χ3v) is 6.90. The van der Waals surface area contributed by atoms with Gasteiger partial charge in [-0.2, -0.15) is 0 Å². The molecule has 14 nitrogen and oxygen atoms in total. The average molecular weight is 676 g/mol. The van der Waals surface area contributed by atoms with Gasteiger partial charge in [0.15, 0.2) is 0 Å². The SMILES string of the molecule is C[C@H](NC(=O)OC(C)(C)C)C(=O)NCC(=O)N[C@@H](Cc1ccccc1)C(=O)N[C@@H](Cc1ccccc1)C(=O)OCc1ccc([N+](=O)[O-])cc1. The number of esters is 1. The number of nitrogens with one attached hydrogen (secondary N) is 4. The molecule has 0 aromatic heterocycles. The van der Waals surface area contributed by atoms with Gasteiger partial charge in [0.1, 0.15) is 30.3 Å². The normalized spacial score (nSPS) is 12.7. The van der Waals surface area contributed by atoms with Crippen LogP contribution < -0.4 is 21.3 Å². The summed E-state index contributed by atoms with van der Waals surface area (Å²) in [5, 5.41) is 21.1. The first-order valence-electron chi connectivity index (χ1n) is 15.5. The zero-order valence-electron chi connectivity index (χ0n) is 27.8. The van der Waals surface area contributed by atoms with Gasteiger partial charge < -0.3 is 30.7 Å². The molecule has 0 aliphatic heterocycles. The third-order valence-electron chi connectivity index (χ3n) is 6.90. The molecule has 49 heavy (non-hydrogen) atoms. The number of non-ortho nitro benzene ring substituents is 1. The maximum absolute atomic E-state index is 13.7. The zero-order chi connectivity index (χ0) is 36.0. The summed E-state index contributed by atoms with van der Waals surface area (Å²) in [5.41, 5.74) is 1.10. The molecule has 3 aromatic rings. The zero-order valence-corrected chi connectivity index (χ0v) is 27.8.